The number of ether oxygens (including phenoxy) is 2. The summed E-state index contributed by atoms with van der Waals surface area (Å²) in [6, 6.07) is 0. The molecule has 0 aliphatic carbocycles. The Morgan fingerprint density at radius 1 is 1.40 bits per heavy atom. The second kappa shape index (κ2) is 5.55. The molecule has 20 heavy (non-hydrogen) atoms. The second-order valence-corrected chi connectivity index (χ2v) is 4.85. The first-order valence-corrected chi connectivity index (χ1v) is 5.82. The van der Waals surface area contributed by atoms with Gasteiger partial charge in [0.25, 0.3) is 0 Å². The number of nitrogens with one attached hydrogen (secondary N) is 1. The van der Waals surface area contributed by atoms with Crippen molar-refractivity contribution in [2.24, 2.45) is 0 Å². The standard InChI is InChI=1S/C11H15F4NO4/c1-5-8(20-6(2)17)10(3,4-7(12)19-5)16-9(18)11(13,14)15/h5,7-8H,4H2,1-3H3,(H,16,18)/t5-,7+,8-,10+/m0/s1. The number of amides is 1. The number of hydrogen-bond acceptors (Lipinski definition) is 4. The van der Waals surface area contributed by atoms with Crippen molar-refractivity contribution in [1.82, 2.24) is 5.32 Å². The Morgan fingerprint density at radius 2 is 1.95 bits per heavy atom. The fourth-order valence-corrected chi connectivity index (χ4v) is 2.18. The lowest BCUT2D eigenvalue weighted by Crippen LogP contribution is -2.65. The summed E-state index contributed by atoms with van der Waals surface area (Å²) in [5.41, 5.74) is -1.71. The minimum Gasteiger partial charge on any atom is -0.457 e. The number of hydrogen-bond donors (Lipinski definition) is 1. The van der Waals surface area contributed by atoms with Crippen LogP contribution in [0.25, 0.3) is 0 Å². The zero-order chi connectivity index (χ0) is 15.7. The van der Waals surface area contributed by atoms with Crippen LogP contribution >= 0.6 is 0 Å². The molecule has 1 aliphatic heterocycles. The molecule has 5 nitrogen and oxygen atoms in total. The lowest BCUT2D eigenvalue weighted by Gasteiger charge is -2.45. The molecule has 0 bridgehead atoms. The van der Waals surface area contributed by atoms with E-state index in [9.17, 15) is 27.2 Å². The molecule has 0 unspecified atom stereocenters. The van der Waals surface area contributed by atoms with Crippen LogP contribution in [0.5, 0.6) is 0 Å². The summed E-state index contributed by atoms with van der Waals surface area (Å²) in [6.45, 7) is 3.58. The van der Waals surface area contributed by atoms with Crippen molar-refractivity contribution in [1.29, 1.82) is 0 Å². The molecule has 0 aromatic carbocycles. The van der Waals surface area contributed by atoms with Gasteiger partial charge in [-0.2, -0.15) is 13.2 Å². The molecule has 1 heterocycles. The average Bonchev–Trinajstić information content (AvgIpc) is 2.21. The molecule has 1 saturated heterocycles. The van der Waals surface area contributed by atoms with Gasteiger partial charge < -0.3 is 14.8 Å². The third-order valence-corrected chi connectivity index (χ3v) is 2.95. The minimum absolute atomic E-state index is 0.558. The van der Waals surface area contributed by atoms with E-state index in [4.69, 9.17) is 9.47 Å². The average molecular weight is 301 g/mol. The molecule has 1 N–H and O–H groups in total. The molecular weight excluding hydrogens is 286 g/mol. The smallest absolute Gasteiger partial charge is 0.457 e. The summed E-state index contributed by atoms with van der Waals surface area (Å²) in [5, 5.41) is 1.69. The van der Waals surface area contributed by atoms with Gasteiger partial charge in [-0.25, -0.2) is 4.39 Å². The summed E-state index contributed by atoms with van der Waals surface area (Å²) in [5.74, 6) is -2.99. The van der Waals surface area contributed by atoms with Gasteiger partial charge in [0.2, 0.25) is 6.36 Å². The van der Waals surface area contributed by atoms with E-state index in [-0.39, 0.29) is 0 Å². The Morgan fingerprint density at radius 3 is 2.40 bits per heavy atom. The van der Waals surface area contributed by atoms with Crippen LogP contribution in [0, 0.1) is 0 Å². The van der Waals surface area contributed by atoms with Crippen molar-refractivity contribution < 1.29 is 36.6 Å². The molecule has 1 rings (SSSR count). The Labute approximate surface area is 112 Å². The molecule has 0 aromatic rings. The fraction of sp³-hybridized carbons (Fsp3) is 0.818. The summed E-state index contributed by atoms with van der Waals surface area (Å²) < 4.78 is 60.0. The van der Waals surface area contributed by atoms with Crippen LogP contribution in [-0.4, -0.2) is 42.2 Å². The van der Waals surface area contributed by atoms with Gasteiger partial charge in [-0.1, -0.05) is 0 Å². The van der Waals surface area contributed by atoms with E-state index in [2.05, 4.69) is 0 Å². The third-order valence-electron chi connectivity index (χ3n) is 2.95. The van der Waals surface area contributed by atoms with Crippen molar-refractivity contribution in [3.05, 3.63) is 0 Å². The minimum atomic E-state index is -5.11. The topological polar surface area (TPSA) is 64.6 Å². The molecule has 1 aliphatic rings. The molecule has 0 spiro atoms. The lowest BCUT2D eigenvalue weighted by molar-refractivity contribution is -0.214. The van der Waals surface area contributed by atoms with E-state index in [1.165, 1.54) is 13.8 Å². The zero-order valence-corrected chi connectivity index (χ0v) is 11.1. The zero-order valence-electron chi connectivity index (χ0n) is 11.1. The molecule has 9 heteroatoms. The highest BCUT2D eigenvalue weighted by molar-refractivity contribution is 5.82. The van der Waals surface area contributed by atoms with Crippen LogP contribution in [0.15, 0.2) is 0 Å². The number of carbonyl (C=O) groups excluding carboxylic acids is 2. The Hall–Kier alpha value is -1.38. The molecule has 4 atom stereocenters. The van der Waals surface area contributed by atoms with Gasteiger partial charge in [0, 0.05) is 13.3 Å². The highest BCUT2D eigenvalue weighted by Gasteiger charge is 2.52. The summed E-state index contributed by atoms with van der Waals surface area (Å²) >= 11 is 0. The van der Waals surface area contributed by atoms with E-state index >= 15 is 0 Å². The summed E-state index contributed by atoms with van der Waals surface area (Å²) in [4.78, 5) is 22.0. The molecule has 0 saturated carbocycles. The van der Waals surface area contributed by atoms with Gasteiger partial charge in [-0.3, -0.25) is 9.59 Å². The Kier molecular flexibility index (Phi) is 4.62. The molecule has 1 fully saturated rings. The molecule has 116 valence electrons. The van der Waals surface area contributed by atoms with Crippen LogP contribution < -0.4 is 5.32 Å². The van der Waals surface area contributed by atoms with Gasteiger partial charge in [-0.15, -0.1) is 0 Å². The molecule has 1 amide bonds. The van der Waals surface area contributed by atoms with E-state index in [1.54, 1.807) is 5.32 Å². The number of rotatable bonds is 2. The summed E-state index contributed by atoms with van der Waals surface area (Å²) in [7, 11) is 0. The largest absolute Gasteiger partial charge is 0.471 e. The van der Waals surface area contributed by atoms with Crippen molar-refractivity contribution >= 4 is 11.9 Å². The first kappa shape index (κ1) is 16.7. The molecular formula is C11H15F4NO4. The van der Waals surface area contributed by atoms with Crippen molar-refractivity contribution in [2.45, 2.75) is 57.5 Å². The quantitative estimate of drug-likeness (QED) is 0.619. The van der Waals surface area contributed by atoms with Crippen LogP contribution in [0.4, 0.5) is 17.6 Å². The van der Waals surface area contributed by atoms with Gasteiger partial charge >= 0.3 is 18.1 Å². The van der Waals surface area contributed by atoms with Crippen LogP contribution in [0.2, 0.25) is 0 Å². The maximum atomic E-state index is 13.4. The number of halogens is 4. The van der Waals surface area contributed by atoms with Gasteiger partial charge in [0.15, 0.2) is 6.10 Å². The van der Waals surface area contributed by atoms with Crippen LogP contribution in [-0.2, 0) is 19.1 Å². The van der Waals surface area contributed by atoms with Gasteiger partial charge in [0.1, 0.15) is 0 Å². The van der Waals surface area contributed by atoms with Crippen LogP contribution in [0.3, 0.4) is 0 Å². The Balaban J connectivity index is 2.99. The van der Waals surface area contributed by atoms with Crippen molar-refractivity contribution in [3.63, 3.8) is 0 Å². The number of carbonyl (C=O) groups is 2. The first-order chi connectivity index (χ1) is 8.95. The van der Waals surface area contributed by atoms with Gasteiger partial charge in [-0.05, 0) is 13.8 Å². The third kappa shape index (κ3) is 3.81. The van der Waals surface area contributed by atoms with Crippen molar-refractivity contribution in [2.75, 3.05) is 0 Å². The number of esters is 1. The highest BCUT2D eigenvalue weighted by atomic mass is 19.4. The van der Waals surface area contributed by atoms with E-state index in [1.807, 2.05) is 0 Å². The number of alkyl halides is 4. The van der Waals surface area contributed by atoms with E-state index in [0.717, 1.165) is 6.92 Å². The molecule has 0 radical (unpaired) electrons. The monoisotopic (exact) mass is 301 g/mol. The lowest BCUT2D eigenvalue weighted by atomic mass is 9.85. The van der Waals surface area contributed by atoms with Crippen LogP contribution in [0.1, 0.15) is 27.2 Å². The predicted molar refractivity (Wildman–Crippen MR) is 58.2 cm³/mol. The predicted octanol–water partition coefficient (Wildman–Crippen LogP) is 1.46. The second-order valence-electron chi connectivity index (χ2n) is 4.85. The normalized spacial score (nSPS) is 34.5. The maximum Gasteiger partial charge on any atom is 0.471 e. The first-order valence-electron chi connectivity index (χ1n) is 5.82. The van der Waals surface area contributed by atoms with E-state index in [0.29, 0.717) is 0 Å². The Bertz CT molecular complexity index is 400. The van der Waals surface area contributed by atoms with E-state index < -0.39 is 48.6 Å². The van der Waals surface area contributed by atoms with Gasteiger partial charge in [0.05, 0.1) is 11.6 Å². The maximum absolute atomic E-state index is 13.4. The fourth-order valence-electron chi connectivity index (χ4n) is 2.18. The molecule has 0 aromatic heterocycles. The van der Waals surface area contributed by atoms with Crippen molar-refractivity contribution in [3.8, 4) is 0 Å². The summed E-state index contributed by atoms with van der Waals surface area (Å²) in [6.07, 6.45) is -9.76. The highest BCUT2D eigenvalue weighted by Crippen LogP contribution is 2.33. The SMILES string of the molecule is CC(=O)O[C@H]1[C@H](C)O[C@@H](F)C[C@@]1(C)NC(=O)C(F)(F)F.